The molecule has 0 amide bonds. The molecule has 1 rings (SSSR count). The third kappa shape index (κ3) is 5.53. The molecule has 0 saturated heterocycles. The fourth-order valence-corrected chi connectivity index (χ4v) is 1.86. The number of hydrogen-bond donors (Lipinski definition) is 0. The van der Waals surface area contributed by atoms with Crippen LogP contribution in [0.25, 0.3) is 0 Å². The van der Waals surface area contributed by atoms with Crippen LogP contribution in [-0.4, -0.2) is 28.8 Å². The van der Waals surface area contributed by atoms with Gasteiger partial charge in [-0.25, -0.2) is 0 Å². The van der Waals surface area contributed by atoms with Crippen LogP contribution in [0.3, 0.4) is 0 Å². The van der Waals surface area contributed by atoms with E-state index < -0.39 is 0 Å². The molecule has 0 aliphatic heterocycles. The number of ether oxygens (including phenoxy) is 2. The minimum absolute atomic E-state index is 0.0752. The normalized spacial score (nSPS) is 11.2. The van der Waals surface area contributed by atoms with Crippen molar-refractivity contribution in [2.75, 3.05) is 13.2 Å². The van der Waals surface area contributed by atoms with Gasteiger partial charge in [0.2, 0.25) is 5.75 Å². The zero-order valence-electron chi connectivity index (χ0n) is 12.3. The van der Waals surface area contributed by atoms with Crippen molar-refractivity contribution < 1.29 is 18.3 Å². The summed E-state index contributed by atoms with van der Waals surface area (Å²) in [6, 6.07) is 5.60. The van der Waals surface area contributed by atoms with E-state index >= 15 is 0 Å². The Kier molecular flexibility index (Phi) is 6.18. The molecule has 0 saturated carbocycles. The maximum absolute atomic E-state index is 5.65. The molecular weight excluding hydrogens is 260 g/mol. The number of hydrogen-bond acceptors (Lipinski definition) is 4. The van der Waals surface area contributed by atoms with Crippen LogP contribution in [-0.2, 0) is 4.43 Å². The molecule has 0 atom stereocenters. The summed E-state index contributed by atoms with van der Waals surface area (Å²) < 4.78 is 22.4. The Labute approximate surface area is 118 Å². The Morgan fingerprint density at radius 1 is 1.00 bits per heavy atom. The first-order valence-electron chi connectivity index (χ1n) is 6.46. The predicted molar refractivity (Wildman–Crippen MR) is 76.0 cm³/mol. The summed E-state index contributed by atoms with van der Waals surface area (Å²) in [4.78, 5) is 0. The van der Waals surface area contributed by atoms with Crippen molar-refractivity contribution >= 4 is 10.0 Å². The van der Waals surface area contributed by atoms with E-state index in [0.717, 1.165) is 0 Å². The summed E-state index contributed by atoms with van der Waals surface area (Å²) in [6.45, 7) is 11.0. The standard InChI is InChI=1S/C14H22O4Si/c1-6-15-11-9-8-10-12(13(11)16-7-2)17-19-18-14(3,4)5/h8-10H,6-7H2,1-5H3. The molecule has 5 heteroatoms. The van der Waals surface area contributed by atoms with Gasteiger partial charge in [0, 0.05) is 0 Å². The zero-order valence-corrected chi connectivity index (χ0v) is 13.3. The van der Waals surface area contributed by atoms with Crippen molar-refractivity contribution in [2.24, 2.45) is 0 Å². The van der Waals surface area contributed by atoms with Gasteiger partial charge in [0.1, 0.15) is 0 Å². The highest BCUT2D eigenvalue weighted by Crippen LogP contribution is 2.37. The van der Waals surface area contributed by atoms with E-state index in [1.165, 1.54) is 0 Å². The van der Waals surface area contributed by atoms with E-state index in [4.69, 9.17) is 18.3 Å². The summed E-state index contributed by atoms with van der Waals surface area (Å²) in [5, 5.41) is 0. The third-order valence-electron chi connectivity index (χ3n) is 2.03. The first kappa shape index (κ1) is 15.9. The summed E-state index contributed by atoms with van der Waals surface area (Å²) in [6.07, 6.45) is 0. The van der Waals surface area contributed by atoms with Crippen LogP contribution in [0.5, 0.6) is 17.2 Å². The average molecular weight is 282 g/mol. The molecule has 19 heavy (non-hydrogen) atoms. The zero-order chi connectivity index (χ0) is 14.3. The van der Waals surface area contributed by atoms with E-state index in [1.807, 2.05) is 52.8 Å². The lowest BCUT2D eigenvalue weighted by Gasteiger charge is -2.19. The van der Waals surface area contributed by atoms with Crippen molar-refractivity contribution in [1.82, 2.24) is 0 Å². The molecule has 4 nitrogen and oxygen atoms in total. The second kappa shape index (κ2) is 7.40. The largest absolute Gasteiger partial charge is 0.521 e. The summed E-state index contributed by atoms with van der Waals surface area (Å²) in [5.41, 5.74) is -0.220. The topological polar surface area (TPSA) is 36.9 Å². The van der Waals surface area contributed by atoms with Crippen LogP contribution in [0.15, 0.2) is 18.2 Å². The molecule has 2 radical (unpaired) electrons. The van der Waals surface area contributed by atoms with E-state index in [1.54, 1.807) is 0 Å². The smallest absolute Gasteiger partial charge is 0.514 e. The van der Waals surface area contributed by atoms with Crippen LogP contribution in [0.4, 0.5) is 0 Å². The van der Waals surface area contributed by atoms with Gasteiger partial charge in [0.15, 0.2) is 11.5 Å². The van der Waals surface area contributed by atoms with E-state index in [9.17, 15) is 0 Å². The second-order valence-electron chi connectivity index (χ2n) is 4.85. The van der Waals surface area contributed by atoms with Gasteiger partial charge in [-0.2, -0.15) is 0 Å². The molecule has 0 N–H and O–H groups in total. The van der Waals surface area contributed by atoms with E-state index in [2.05, 4.69) is 0 Å². The van der Waals surface area contributed by atoms with Gasteiger partial charge in [0.05, 0.1) is 18.8 Å². The van der Waals surface area contributed by atoms with Gasteiger partial charge in [0.25, 0.3) is 0 Å². The van der Waals surface area contributed by atoms with Crippen molar-refractivity contribution in [3.05, 3.63) is 18.2 Å². The minimum Gasteiger partial charge on any atom is -0.514 e. The molecule has 0 fully saturated rings. The third-order valence-corrected chi connectivity index (χ3v) is 3.03. The predicted octanol–water partition coefficient (Wildman–Crippen LogP) is 3.21. The maximum atomic E-state index is 5.65. The molecular formula is C14H22O4Si. The van der Waals surface area contributed by atoms with Crippen LogP contribution in [0, 0.1) is 0 Å². The minimum atomic E-state index is -0.220. The molecule has 0 aromatic heterocycles. The molecule has 0 spiro atoms. The second-order valence-corrected chi connectivity index (χ2v) is 5.42. The van der Waals surface area contributed by atoms with E-state index in [0.29, 0.717) is 30.5 Å². The van der Waals surface area contributed by atoms with Gasteiger partial charge >= 0.3 is 10.0 Å². The lowest BCUT2D eigenvalue weighted by Crippen LogP contribution is -2.24. The lowest BCUT2D eigenvalue weighted by atomic mass is 10.2. The molecule has 1 aromatic rings. The van der Waals surface area contributed by atoms with Gasteiger partial charge in [-0.15, -0.1) is 0 Å². The quantitative estimate of drug-likeness (QED) is 0.720. The van der Waals surface area contributed by atoms with Crippen LogP contribution >= 0.6 is 0 Å². The van der Waals surface area contributed by atoms with Crippen molar-refractivity contribution in [2.45, 2.75) is 40.2 Å². The Bertz CT molecular complexity index is 388. The van der Waals surface area contributed by atoms with Crippen molar-refractivity contribution in [3.63, 3.8) is 0 Å². The number of benzene rings is 1. The number of para-hydroxylation sites is 1. The summed E-state index contributed by atoms with van der Waals surface area (Å²) >= 11 is 0. The molecule has 0 bridgehead atoms. The van der Waals surface area contributed by atoms with Crippen LogP contribution < -0.4 is 13.9 Å². The van der Waals surface area contributed by atoms with Gasteiger partial charge in [-0.3, -0.25) is 0 Å². The highest BCUT2D eigenvalue weighted by Gasteiger charge is 2.16. The first-order chi connectivity index (χ1) is 8.98. The highest BCUT2D eigenvalue weighted by atomic mass is 28.3. The van der Waals surface area contributed by atoms with Gasteiger partial charge in [-0.05, 0) is 46.8 Å². The number of rotatable bonds is 7. The van der Waals surface area contributed by atoms with Crippen molar-refractivity contribution in [1.29, 1.82) is 0 Å². The molecule has 0 aliphatic rings. The van der Waals surface area contributed by atoms with Crippen LogP contribution in [0.1, 0.15) is 34.6 Å². The molecule has 0 heterocycles. The molecule has 106 valence electrons. The monoisotopic (exact) mass is 282 g/mol. The Balaban J connectivity index is 2.78. The highest BCUT2D eigenvalue weighted by molar-refractivity contribution is 6.19. The summed E-state index contributed by atoms with van der Waals surface area (Å²) in [7, 11) is -0.0752. The van der Waals surface area contributed by atoms with Gasteiger partial charge in [-0.1, -0.05) is 6.07 Å². The SMILES string of the molecule is CCOc1cccc(O[Si]OC(C)(C)C)c1OCC. The average Bonchev–Trinajstić information content (AvgIpc) is 2.32. The molecule has 0 aliphatic carbocycles. The maximum Gasteiger partial charge on any atom is 0.521 e. The Morgan fingerprint density at radius 2 is 1.63 bits per heavy atom. The molecule has 1 aromatic carbocycles. The Morgan fingerprint density at radius 3 is 2.21 bits per heavy atom. The Hall–Kier alpha value is -1.20. The first-order valence-corrected chi connectivity index (χ1v) is 7.28. The van der Waals surface area contributed by atoms with Crippen LogP contribution in [0.2, 0.25) is 0 Å². The molecule has 0 unspecified atom stereocenters. The van der Waals surface area contributed by atoms with E-state index in [-0.39, 0.29) is 15.6 Å². The lowest BCUT2D eigenvalue weighted by molar-refractivity contribution is 0.118. The van der Waals surface area contributed by atoms with Gasteiger partial charge < -0.3 is 18.3 Å². The fourth-order valence-electron chi connectivity index (χ4n) is 1.32. The summed E-state index contributed by atoms with van der Waals surface area (Å²) in [5.74, 6) is 1.98. The fraction of sp³-hybridized carbons (Fsp3) is 0.571. The van der Waals surface area contributed by atoms with Crippen molar-refractivity contribution in [3.8, 4) is 17.2 Å².